The average molecular weight is 242 g/mol. The van der Waals surface area contributed by atoms with Crippen molar-refractivity contribution in [2.24, 2.45) is 0 Å². The average Bonchev–Trinajstić information content (AvgIpc) is 2.76. The molecule has 0 saturated heterocycles. The summed E-state index contributed by atoms with van der Waals surface area (Å²) < 4.78 is 19.8. The molecule has 2 aromatic rings. The number of methoxy groups -OCH3 is 1. The molecule has 2 rings (SSSR count). The van der Waals surface area contributed by atoms with Crippen LogP contribution in [0, 0.1) is 5.82 Å². The first-order valence-corrected chi connectivity index (χ1v) is 5.08. The first-order valence-electron chi connectivity index (χ1n) is 4.55. The lowest BCUT2D eigenvalue weighted by molar-refractivity contribution is 0.409. The maximum atomic E-state index is 13.0. The topological polar surface area (TPSA) is 39.9 Å². The van der Waals surface area contributed by atoms with Crippen molar-refractivity contribution in [3.63, 3.8) is 0 Å². The molecule has 0 amide bonds. The van der Waals surface area contributed by atoms with Gasteiger partial charge in [0.1, 0.15) is 17.9 Å². The van der Waals surface area contributed by atoms with Crippen LogP contribution in [-0.2, 0) is 5.88 Å². The van der Waals surface area contributed by atoms with Crippen LogP contribution in [0.4, 0.5) is 4.39 Å². The van der Waals surface area contributed by atoms with Gasteiger partial charge in [0.15, 0.2) is 5.82 Å². The van der Waals surface area contributed by atoms with Gasteiger partial charge in [0.05, 0.1) is 18.7 Å². The fourth-order valence-electron chi connectivity index (χ4n) is 1.40. The highest BCUT2D eigenvalue weighted by Crippen LogP contribution is 2.24. The molecule has 0 aliphatic carbocycles. The zero-order valence-corrected chi connectivity index (χ0v) is 9.28. The zero-order valence-electron chi connectivity index (χ0n) is 8.52. The smallest absolute Gasteiger partial charge is 0.152 e. The van der Waals surface area contributed by atoms with Crippen LogP contribution in [0.5, 0.6) is 5.75 Å². The van der Waals surface area contributed by atoms with Crippen LogP contribution in [0.15, 0.2) is 24.5 Å². The molecule has 0 atom stereocenters. The van der Waals surface area contributed by atoms with Crippen LogP contribution in [0.1, 0.15) is 5.82 Å². The number of hydrogen-bond donors (Lipinski definition) is 0. The quantitative estimate of drug-likeness (QED) is 0.773. The first kappa shape index (κ1) is 10.9. The highest BCUT2D eigenvalue weighted by molar-refractivity contribution is 6.16. The Hall–Kier alpha value is -1.62. The minimum absolute atomic E-state index is 0.223. The maximum Gasteiger partial charge on any atom is 0.152 e. The number of ether oxygens (including phenoxy) is 1. The molecule has 1 heterocycles. The molecule has 0 aliphatic heterocycles. The number of rotatable bonds is 3. The molecule has 84 valence electrons. The van der Waals surface area contributed by atoms with Gasteiger partial charge in [-0.3, -0.25) is 4.57 Å². The van der Waals surface area contributed by atoms with Crippen LogP contribution in [0.25, 0.3) is 5.69 Å². The second-order valence-corrected chi connectivity index (χ2v) is 3.33. The lowest BCUT2D eigenvalue weighted by Gasteiger charge is -2.10. The van der Waals surface area contributed by atoms with Gasteiger partial charge in [-0.2, -0.15) is 0 Å². The van der Waals surface area contributed by atoms with Gasteiger partial charge in [-0.25, -0.2) is 4.39 Å². The van der Waals surface area contributed by atoms with Crippen LogP contribution in [0.2, 0.25) is 0 Å². The van der Waals surface area contributed by atoms with Gasteiger partial charge >= 0.3 is 0 Å². The molecule has 1 aromatic heterocycles. The maximum absolute atomic E-state index is 13.0. The Labute approximate surface area is 96.6 Å². The molecule has 0 aliphatic rings. The summed E-state index contributed by atoms with van der Waals surface area (Å²) >= 11 is 5.71. The Balaban J connectivity index is 2.55. The van der Waals surface area contributed by atoms with Crippen LogP contribution >= 0.6 is 11.6 Å². The third-order valence-corrected chi connectivity index (χ3v) is 2.38. The van der Waals surface area contributed by atoms with E-state index < -0.39 is 0 Å². The van der Waals surface area contributed by atoms with Crippen molar-refractivity contribution in [1.82, 2.24) is 14.8 Å². The van der Waals surface area contributed by atoms with Gasteiger partial charge in [0.2, 0.25) is 0 Å². The minimum Gasteiger partial charge on any atom is -0.494 e. The standard InChI is InChI=1S/C10H9ClFN3O/c1-16-9-4-7(12)2-3-8(9)15-6-13-14-10(15)5-11/h2-4,6H,5H2,1H3. The SMILES string of the molecule is COc1cc(F)ccc1-n1cnnc1CCl. The molecule has 1 aromatic carbocycles. The summed E-state index contributed by atoms with van der Waals surface area (Å²) in [6, 6.07) is 4.23. The normalized spacial score (nSPS) is 10.4. The number of aromatic nitrogens is 3. The summed E-state index contributed by atoms with van der Waals surface area (Å²) in [5, 5.41) is 7.59. The third-order valence-electron chi connectivity index (χ3n) is 2.14. The van der Waals surface area contributed by atoms with Crippen molar-refractivity contribution < 1.29 is 9.13 Å². The minimum atomic E-state index is -0.360. The van der Waals surface area contributed by atoms with Gasteiger partial charge in [-0.15, -0.1) is 21.8 Å². The van der Waals surface area contributed by atoms with E-state index in [0.717, 1.165) is 0 Å². The summed E-state index contributed by atoms with van der Waals surface area (Å²) in [5.41, 5.74) is 0.657. The summed E-state index contributed by atoms with van der Waals surface area (Å²) in [5.74, 6) is 0.847. The molecule has 4 nitrogen and oxygen atoms in total. The van der Waals surface area contributed by atoms with Gasteiger partial charge in [0.25, 0.3) is 0 Å². The molecule has 0 unspecified atom stereocenters. The number of nitrogens with zero attached hydrogens (tertiary/aromatic N) is 3. The lowest BCUT2D eigenvalue weighted by Crippen LogP contribution is -2.01. The van der Waals surface area contributed by atoms with E-state index >= 15 is 0 Å². The highest BCUT2D eigenvalue weighted by atomic mass is 35.5. The molecule has 0 radical (unpaired) electrons. The molecule has 0 spiro atoms. The molecule has 16 heavy (non-hydrogen) atoms. The fourth-order valence-corrected chi connectivity index (χ4v) is 1.58. The van der Waals surface area contributed by atoms with E-state index in [1.54, 1.807) is 10.6 Å². The van der Waals surface area contributed by atoms with Crippen molar-refractivity contribution in [1.29, 1.82) is 0 Å². The van der Waals surface area contributed by atoms with Gasteiger partial charge in [0, 0.05) is 6.07 Å². The second kappa shape index (κ2) is 4.49. The monoisotopic (exact) mass is 241 g/mol. The molecular formula is C10H9ClFN3O. The first-order chi connectivity index (χ1) is 7.76. The fraction of sp³-hybridized carbons (Fsp3) is 0.200. The molecule has 0 fully saturated rings. The van der Waals surface area contributed by atoms with E-state index in [9.17, 15) is 4.39 Å². The van der Waals surface area contributed by atoms with Crippen molar-refractivity contribution in [3.05, 3.63) is 36.2 Å². The largest absolute Gasteiger partial charge is 0.494 e. The molecule has 6 heteroatoms. The third kappa shape index (κ3) is 1.86. The number of hydrogen-bond acceptors (Lipinski definition) is 3. The second-order valence-electron chi connectivity index (χ2n) is 3.07. The molecular weight excluding hydrogens is 233 g/mol. The van der Waals surface area contributed by atoms with E-state index in [1.807, 2.05) is 0 Å². The number of halogens is 2. The predicted molar refractivity (Wildman–Crippen MR) is 57.4 cm³/mol. The van der Waals surface area contributed by atoms with Crippen molar-refractivity contribution in [2.45, 2.75) is 5.88 Å². The van der Waals surface area contributed by atoms with E-state index in [1.165, 1.54) is 25.6 Å². The highest BCUT2D eigenvalue weighted by Gasteiger charge is 2.10. The summed E-state index contributed by atoms with van der Waals surface area (Å²) in [7, 11) is 1.48. The molecule has 0 bridgehead atoms. The van der Waals surface area contributed by atoms with E-state index in [-0.39, 0.29) is 11.7 Å². The van der Waals surface area contributed by atoms with E-state index in [2.05, 4.69) is 10.2 Å². The Kier molecular flexibility index (Phi) is 3.05. The van der Waals surface area contributed by atoms with Crippen molar-refractivity contribution >= 4 is 11.6 Å². The molecule has 0 saturated carbocycles. The van der Waals surface area contributed by atoms with Gasteiger partial charge < -0.3 is 4.74 Å². The zero-order chi connectivity index (χ0) is 11.5. The predicted octanol–water partition coefficient (Wildman–Crippen LogP) is 2.15. The number of benzene rings is 1. The lowest BCUT2D eigenvalue weighted by atomic mass is 10.3. The van der Waals surface area contributed by atoms with Gasteiger partial charge in [-0.1, -0.05) is 0 Å². The Morgan fingerprint density at radius 3 is 3.00 bits per heavy atom. The van der Waals surface area contributed by atoms with Crippen LogP contribution in [-0.4, -0.2) is 21.9 Å². The van der Waals surface area contributed by atoms with Crippen LogP contribution in [0.3, 0.4) is 0 Å². The summed E-state index contributed by atoms with van der Waals surface area (Å²) in [6.07, 6.45) is 1.51. The Bertz CT molecular complexity index is 501. The summed E-state index contributed by atoms with van der Waals surface area (Å²) in [4.78, 5) is 0. The van der Waals surface area contributed by atoms with Crippen molar-refractivity contribution in [3.8, 4) is 11.4 Å². The van der Waals surface area contributed by atoms with Crippen LogP contribution < -0.4 is 4.74 Å². The van der Waals surface area contributed by atoms with Gasteiger partial charge in [-0.05, 0) is 12.1 Å². The van der Waals surface area contributed by atoms with Crippen molar-refractivity contribution in [2.75, 3.05) is 7.11 Å². The Morgan fingerprint density at radius 1 is 1.50 bits per heavy atom. The molecule has 0 N–H and O–H groups in total. The Morgan fingerprint density at radius 2 is 2.31 bits per heavy atom. The number of alkyl halides is 1. The van der Waals surface area contributed by atoms with E-state index in [0.29, 0.717) is 17.3 Å². The van der Waals surface area contributed by atoms with E-state index in [4.69, 9.17) is 16.3 Å². The summed E-state index contributed by atoms with van der Waals surface area (Å²) in [6.45, 7) is 0.